The largest absolute Gasteiger partial charge is 0.269 e. The summed E-state index contributed by atoms with van der Waals surface area (Å²) >= 11 is 9.34. The Bertz CT molecular complexity index is 785. The van der Waals surface area contributed by atoms with Crippen molar-refractivity contribution in [2.24, 2.45) is 0 Å². The number of halogens is 2. The van der Waals surface area contributed by atoms with Gasteiger partial charge in [-0.3, -0.25) is 20.4 Å². The summed E-state index contributed by atoms with van der Waals surface area (Å²) in [5.41, 5.74) is 6.66. The van der Waals surface area contributed by atoms with Crippen LogP contribution in [0.25, 0.3) is 0 Å². The Kier molecular flexibility index (Phi) is 5.67. The lowest BCUT2D eigenvalue weighted by Gasteiger charge is -2.21. The van der Waals surface area contributed by atoms with Gasteiger partial charge >= 0.3 is 0 Å². The number of amides is 2. The molecule has 0 aliphatic heterocycles. The molecule has 0 aliphatic carbocycles. The number of nitrogens with one attached hydrogen (secondary N) is 2. The van der Waals surface area contributed by atoms with E-state index in [4.69, 9.17) is 11.6 Å². The summed E-state index contributed by atoms with van der Waals surface area (Å²) in [5.74, 6) is -0.831. The Morgan fingerprint density at radius 3 is 2.04 bits per heavy atom. The van der Waals surface area contributed by atoms with Crippen LogP contribution in [0.1, 0.15) is 47.1 Å². The van der Waals surface area contributed by atoms with Crippen LogP contribution in [0.5, 0.6) is 0 Å². The number of rotatable bonds is 2. The third-order valence-corrected chi connectivity index (χ3v) is 4.31. The van der Waals surface area contributed by atoms with Crippen molar-refractivity contribution >= 4 is 39.3 Å². The van der Waals surface area contributed by atoms with E-state index in [0.29, 0.717) is 16.1 Å². The molecule has 0 heterocycles. The molecular formula is C18H18BrClN2O2. The molecule has 0 radical (unpaired) electrons. The van der Waals surface area contributed by atoms with Crippen LogP contribution in [0.2, 0.25) is 5.02 Å². The second-order valence-electron chi connectivity index (χ2n) is 6.36. The van der Waals surface area contributed by atoms with Crippen molar-refractivity contribution in [2.75, 3.05) is 0 Å². The molecule has 126 valence electrons. The maximum Gasteiger partial charge on any atom is 0.269 e. The van der Waals surface area contributed by atoms with E-state index in [0.717, 1.165) is 10.0 Å². The number of hydrazine groups is 1. The van der Waals surface area contributed by atoms with Crippen LogP contribution >= 0.6 is 27.5 Å². The molecule has 6 heteroatoms. The molecule has 0 fully saturated rings. The van der Waals surface area contributed by atoms with E-state index in [2.05, 4.69) is 47.6 Å². The van der Waals surface area contributed by atoms with Gasteiger partial charge in [0.15, 0.2) is 0 Å². The molecule has 0 unspecified atom stereocenters. The smallest absolute Gasteiger partial charge is 0.267 e. The Balaban J connectivity index is 2.05. The maximum atomic E-state index is 12.2. The number of hydrogen-bond acceptors (Lipinski definition) is 2. The highest BCUT2D eigenvalue weighted by atomic mass is 79.9. The van der Waals surface area contributed by atoms with E-state index < -0.39 is 11.8 Å². The van der Waals surface area contributed by atoms with Gasteiger partial charge in [0, 0.05) is 20.6 Å². The molecule has 0 spiro atoms. The summed E-state index contributed by atoms with van der Waals surface area (Å²) in [7, 11) is 0. The Hall–Kier alpha value is -1.85. The van der Waals surface area contributed by atoms with Crippen LogP contribution in [0.3, 0.4) is 0 Å². The first-order valence-electron chi connectivity index (χ1n) is 7.35. The van der Waals surface area contributed by atoms with Crippen LogP contribution in [0.15, 0.2) is 46.9 Å². The SMILES string of the molecule is CC(C)(C)c1ccc(C(=O)NNC(=O)c2cccc(Cl)c2)cc1Br. The van der Waals surface area contributed by atoms with E-state index in [-0.39, 0.29) is 5.41 Å². The van der Waals surface area contributed by atoms with Crippen LogP contribution in [0, 0.1) is 0 Å². The lowest BCUT2D eigenvalue weighted by Crippen LogP contribution is -2.41. The van der Waals surface area contributed by atoms with Gasteiger partial charge in [-0.25, -0.2) is 0 Å². The zero-order valence-electron chi connectivity index (χ0n) is 13.6. The molecule has 2 rings (SSSR count). The van der Waals surface area contributed by atoms with E-state index in [1.54, 1.807) is 30.3 Å². The van der Waals surface area contributed by atoms with Crippen molar-refractivity contribution in [2.45, 2.75) is 26.2 Å². The maximum absolute atomic E-state index is 12.2. The van der Waals surface area contributed by atoms with Gasteiger partial charge in [0.25, 0.3) is 11.8 Å². The highest BCUT2D eigenvalue weighted by molar-refractivity contribution is 9.10. The minimum absolute atomic E-state index is 0.0331. The second kappa shape index (κ2) is 7.36. The summed E-state index contributed by atoms with van der Waals surface area (Å²) in [6, 6.07) is 11.8. The zero-order chi connectivity index (χ0) is 17.9. The molecule has 2 N–H and O–H groups in total. The molecule has 0 atom stereocenters. The minimum Gasteiger partial charge on any atom is -0.267 e. The number of hydrogen-bond donors (Lipinski definition) is 2. The van der Waals surface area contributed by atoms with E-state index in [1.807, 2.05) is 6.07 Å². The van der Waals surface area contributed by atoms with Crippen molar-refractivity contribution in [3.63, 3.8) is 0 Å². The zero-order valence-corrected chi connectivity index (χ0v) is 16.0. The van der Waals surface area contributed by atoms with Gasteiger partial charge in [-0.1, -0.05) is 60.4 Å². The van der Waals surface area contributed by atoms with Crippen molar-refractivity contribution in [3.05, 3.63) is 68.7 Å². The van der Waals surface area contributed by atoms with Crippen molar-refractivity contribution in [3.8, 4) is 0 Å². The fourth-order valence-electron chi connectivity index (χ4n) is 2.15. The molecule has 0 aliphatic rings. The first-order chi connectivity index (χ1) is 11.2. The molecule has 0 bridgehead atoms. The molecule has 0 saturated carbocycles. The van der Waals surface area contributed by atoms with Gasteiger partial charge in [-0.15, -0.1) is 0 Å². The van der Waals surface area contributed by atoms with Gasteiger partial charge < -0.3 is 0 Å². The lowest BCUT2D eigenvalue weighted by molar-refractivity contribution is 0.0846. The minimum atomic E-state index is -0.434. The first kappa shape index (κ1) is 18.5. The summed E-state index contributed by atoms with van der Waals surface area (Å²) in [5, 5.41) is 0.454. The van der Waals surface area contributed by atoms with Crippen LogP contribution in [-0.4, -0.2) is 11.8 Å². The van der Waals surface area contributed by atoms with E-state index in [1.165, 1.54) is 6.07 Å². The quantitative estimate of drug-likeness (QED) is 0.719. The van der Waals surface area contributed by atoms with Gasteiger partial charge in [-0.2, -0.15) is 0 Å². The predicted octanol–water partition coefficient (Wildman–Crippen LogP) is 4.47. The van der Waals surface area contributed by atoms with Crippen molar-refractivity contribution < 1.29 is 9.59 Å². The third-order valence-electron chi connectivity index (χ3n) is 3.42. The van der Waals surface area contributed by atoms with Crippen LogP contribution in [-0.2, 0) is 5.41 Å². The van der Waals surface area contributed by atoms with Gasteiger partial charge in [0.2, 0.25) is 0 Å². The molecule has 0 saturated heterocycles. The fourth-order valence-corrected chi connectivity index (χ4v) is 3.32. The second-order valence-corrected chi connectivity index (χ2v) is 7.65. The van der Waals surface area contributed by atoms with Crippen LogP contribution < -0.4 is 10.9 Å². The molecular weight excluding hydrogens is 392 g/mol. The van der Waals surface area contributed by atoms with Crippen molar-refractivity contribution in [1.82, 2.24) is 10.9 Å². The molecule has 0 aromatic heterocycles. The summed E-state index contributed by atoms with van der Waals surface area (Å²) in [4.78, 5) is 24.2. The monoisotopic (exact) mass is 408 g/mol. The number of carbonyl (C=O) groups is 2. The van der Waals surface area contributed by atoms with E-state index in [9.17, 15) is 9.59 Å². The van der Waals surface area contributed by atoms with Gasteiger partial charge in [0.05, 0.1) is 0 Å². The highest BCUT2D eigenvalue weighted by Crippen LogP contribution is 2.30. The summed E-state index contributed by atoms with van der Waals surface area (Å²) in [6.45, 7) is 6.29. The van der Waals surface area contributed by atoms with E-state index >= 15 is 0 Å². The average molecular weight is 410 g/mol. The number of benzene rings is 2. The average Bonchev–Trinajstić information content (AvgIpc) is 2.50. The lowest BCUT2D eigenvalue weighted by atomic mass is 9.86. The topological polar surface area (TPSA) is 58.2 Å². The summed E-state index contributed by atoms with van der Waals surface area (Å²) < 4.78 is 0.851. The Labute approximate surface area is 154 Å². The van der Waals surface area contributed by atoms with Crippen molar-refractivity contribution in [1.29, 1.82) is 0 Å². The Morgan fingerprint density at radius 1 is 0.958 bits per heavy atom. The van der Waals surface area contributed by atoms with Crippen LogP contribution in [0.4, 0.5) is 0 Å². The highest BCUT2D eigenvalue weighted by Gasteiger charge is 2.18. The van der Waals surface area contributed by atoms with Gasteiger partial charge in [0.1, 0.15) is 0 Å². The third kappa shape index (κ3) is 4.58. The normalized spacial score (nSPS) is 11.0. The Morgan fingerprint density at radius 2 is 1.54 bits per heavy atom. The molecule has 24 heavy (non-hydrogen) atoms. The molecule has 4 nitrogen and oxygen atoms in total. The first-order valence-corrected chi connectivity index (χ1v) is 8.52. The fraction of sp³-hybridized carbons (Fsp3) is 0.222. The molecule has 2 amide bonds. The molecule has 2 aromatic rings. The van der Waals surface area contributed by atoms with Gasteiger partial charge in [-0.05, 0) is 41.3 Å². The molecule has 2 aromatic carbocycles. The number of carbonyl (C=O) groups excluding carboxylic acids is 2. The predicted molar refractivity (Wildman–Crippen MR) is 99.2 cm³/mol. The summed E-state index contributed by atoms with van der Waals surface area (Å²) in [6.07, 6.45) is 0. The standard InChI is InChI=1S/C18H18BrClN2O2/c1-18(2,3)14-8-7-12(10-15(14)19)17(24)22-21-16(23)11-5-4-6-13(20)9-11/h4-10H,1-3H3,(H,21,23)(H,22,24).